The molecule has 0 radical (unpaired) electrons. The number of imide groups is 1. The molecule has 42 heavy (non-hydrogen) atoms. The minimum absolute atomic E-state index is 0.0524. The quantitative estimate of drug-likeness (QED) is 0.295. The second-order valence-electron chi connectivity index (χ2n) is 10.3. The van der Waals surface area contributed by atoms with Gasteiger partial charge < -0.3 is 14.0 Å². The minimum Gasteiger partial charge on any atom is -0.496 e. The topological polar surface area (TPSA) is 88.9 Å². The molecule has 0 spiro atoms. The lowest BCUT2D eigenvalue weighted by molar-refractivity contribution is -0.120. The lowest BCUT2D eigenvalue weighted by Crippen LogP contribution is -2.50. The zero-order valence-electron chi connectivity index (χ0n) is 23.2. The number of amides is 3. The summed E-state index contributed by atoms with van der Waals surface area (Å²) in [6.07, 6.45) is 1.89. The summed E-state index contributed by atoms with van der Waals surface area (Å²) in [4.78, 5) is 32.4. The van der Waals surface area contributed by atoms with Crippen molar-refractivity contribution in [2.45, 2.75) is 32.7 Å². The van der Waals surface area contributed by atoms with Crippen molar-refractivity contribution in [1.29, 1.82) is 0 Å². The summed E-state index contributed by atoms with van der Waals surface area (Å²) in [5.41, 5.74) is 4.61. The van der Waals surface area contributed by atoms with Gasteiger partial charge in [0.1, 0.15) is 35.6 Å². The average Bonchev–Trinajstić information content (AvgIpc) is 3.56. The van der Waals surface area contributed by atoms with Gasteiger partial charge in [-0.2, -0.15) is 0 Å². The number of imidazole rings is 1. The van der Waals surface area contributed by atoms with E-state index in [1.54, 1.807) is 25.4 Å². The molecule has 0 saturated carbocycles. The normalized spacial score (nSPS) is 15.1. The Labute approximate surface area is 247 Å². The van der Waals surface area contributed by atoms with Crippen molar-refractivity contribution < 1.29 is 23.5 Å². The Hall–Kier alpha value is -4.41. The summed E-state index contributed by atoms with van der Waals surface area (Å²) in [6.45, 7) is 2.55. The van der Waals surface area contributed by atoms with Crippen molar-refractivity contribution in [3.8, 4) is 22.9 Å². The molecule has 1 fully saturated rings. The van der Waals surface area contributed by atoms with Crippen LogP contribution in [0, 0.1) is 5.82 Å². The summed E-state index contributed by atoms with van der Waals surface area (Å²) < 4.78 is 27.5. The average molecular weight is 590 g/mol. The van der Waals surface area contributed by atoms with Crippen LogP contribution in [0.25, 0.3) is 11.4 Å². The highest BCUT2D eigenvalue weighted by Gasteiger charge is 2.28. The van der Waals surface area contributed by atoms with Gasteiger partial charge >= 0.3 is 6.03 Å². The first-order chi connectivity index (χ1) is 20.3. The number of carbonyl (C=O) groups is 2. The Bertz CT molecular complexity index is 1650. The zero-order chi connectivity index (χ0) is 29.4. The lowest BCUT2D eigenvalue weighted by Gasteiger charge is -2.26. The molecule has 3 aromatic carbocycles. The molecule has 6 rings (SSSR count). The van der Waals surface area contributed by atoms with E-state index in [1.807, 2.05) is 41.9 Å². The SMILES string of the molecule is COc1cc(-c2ncc(N3CCC(=O)NC3=O)n2C)cc2c1CN(Cc1ccc(OCc3c(F)cccc3Cl)cc1)C2. The fraction of sp³-hybridized carbons (Fsp3) is 0.258. The largest absolute Gasteiger partial charge is 0.496 e. The van der Waals surface area contributed by atoms with Gasteiger partial charge in [0.05, 0.1) is 18.3 Å². The predicted molar refractivity (Wildman–Crippen MR) is 156 cm³/mol. The second-order valence-corrected chi connectivity index (χ2v) is 10.8. The third-order valence-electron chi connectivity index (χ3n) is 7.62. The van der Waals surface area contributed by atoms with E-state index >= 15 is 0 Å². The van der Waals surface area contributed by atoms with Gasteiger partial charge in [0.2, 0.25) is 5.91 Å². The molecule has 0 aliphatic carbocycles. The molecule has 216 valence electrons. The molecule has 3 heterocycles. The van der Waals surface area contributed by atoms with E-state index in [9.17, 15) is 14.0 Å². The van der Waals surface area contributed by atoms with Crippen molar-refractivity contribution in [2.75, 3.05) is 18.6 Å². The van der Waals surface area contributed by atoms with Crippen LogP contribution in [0.5, 0.6) is 11.5 Å². The van der Waals surface area contributed by atoms with Crippen molar-refractivity contribution >= 4 is 29.4 Å². The third-order valence-corrected chi connectivity index (χ3v) is 7.98. The maximum Gasteiger partial charge on any atom is 0.329 e. The van der Waals surface area contributed by atoms with Crippen LogP contribution < -0.4 is 19.7 Å². The molecule has 11 heteroatoms. The van der Waals surface area contributed by atoms with Gasteiger partial charge in [-0.25, -0.2) is 14.2 Å². The van der Waals surface area contributed by atoms with Crippen molar-refractivity contribution in [3.05, 3.63) is 93.9 Å². The molecule has 1 aromatic heterocycles. The van der Waals surface area contributed by atoms with E-state index in [0.29, 0.717) is 34.5 Å². The Balaban J connectivity index is 1.14. The molecular weight excluding hydrogens is 561 g/mol. The number of methoxy groups -OCH3 is 1. The number of aromatic nitrogens is 2. The number of halogens is 2. The van der Waals surface area contributed by atoms with Crippen LogP contribution in [0.1, 0.15) is 28.7 Å². The number of anilines is 1. The number of rotatable bonds is 8. The van der Waals surface area contributed by atoms with Gasteiger partial charge in [-0.1, -0.05) is 29.8 Å². The van der Waals surface area contributed by atoms with Gasteiger partial charge in [0, 0.05) is 56.3 Å². The van der Waals surface area contributed by atoms with Crippen LogP contribution in [0.2, 0.25) is 5.02 Å². The van der Waals surface area contributed by atoms with Crippen LogP contribution >= 0.6 is 11.6 Å². The molecule has 0 atom stereocenters. The van der Waals surface area contributed by atoms with Gasteiger partial charge in [-0.3, -0.25) is 19.9 Å². The number of hydrogen-bond acceptors (Lipinski definition) is 6. The predicted octanol–water partition coefficient (Wildman–Crippen LogP) is 5.43. The van der Waals surface area contributed by atoms with E-state index in [-0.39, 0.29) is 24.8 Å². The minimum atomic E-state index is -0.447. The molecule has 3 amide bonds. The van der Waals surface area contributed by atoms with Crippen LogP contribution in [0.15, 0.2) is 60.8 Å². The van der Waals surface area contributed by atoms with Crippen LogP contribution in [0.4, 0.5) is 15.0 Å². The van der Waals surface area contributed by atoms with E-state index in [4.69, 9.17) is 21.1 Å². The van der Waals surface area contributed by atoms with Crippen molar-refractivity contribution in [2.24, 2.45) is 7.05 Å². The van der Waals surface area contributed by atoms with E-state index < -0.39 is 6.03 Å². The highest BCUT2D eigenvalue weighted by Crippen LogP contribution is 2.37. The van der Waals surface area contributed by atoms with Crippen molar-refractivity contribution in [3.63, 3.8) is 0 Å². The zero-order valence-corrected chi connectivity index (χ0v) is 23.9. The van der Waals surface area contributed by atoms with Gasteiger partial charge in [0.25, 0.3) is 0 Å². The van der Waals surface area contributed by atoms with Crippen molar-refractivity contribution in [1.82, 2.24) is 19.8 Å². The molecule has 2 aliphatic heterocycles. The van der Waals surface area contributed by atoms with Gasteiger partial charge in [-0.15, -0.1) is 0 Å². The van der Waals surface area contributed by atoms with Gasteiger partial charge in [0.15, 0.2) is 0 Å². The Kier molecular flexibility index (Phi) is 7.57. The van der Waals surface area contributed by atoms with Crippen LogP contribution in [-0.4, -0.2) is 40.0 Å². The maximum absolute atomic E-state index is 14.0. The van der Waals surface area contributed by atoms with E-state index in [0.717, 1.165) is 47.6 Å². The van der Waals surface area contributed by atoms with E-state index in [1.165, 1.54) is 11.0 Å². The molecule has 0 bridgehead atoms. The fourth-order valence-electron chi connectivity index (χ4n) is 5.44. The summed E-state index contributed by atoms with van der Waals surface area (Å²) in [5.74, 6) is 2.06. The number of fused-ring (bicyclic) bond motifs is 1. The van der Waals surface area contributed by atoms with Gasteiger partial charge in [-0.05, 0) is 47.5 Å². The third kappa shape index (κ3) is 5.43. The molecule has 1 saturated heterocycles. The molecular formula is C31H29ClFN5O4. The van der Waals surface area contributed by atoms with Crippen LogP contribution in [-0.2, 0) is 38.1 Å². The molecule has 0 unspecified atom stereocenters. The van der Waals surface area contributed by atoms with Crippen LogP contribution in [0.3, 0.4) is 0 Å². The van der Waals surface area contributed by atoms with E-state index in [2.05, 4.69) is 21.3 Å². The second kappa shape index (κ2) is 11.5. The number of hydrogen-bond donors (Lipinski definition) is 1. The summed E-state index contributed by atoms with van der Waals surface area (Å²) in [5, 5.41) is 2.70. The number of nitrogens with zero attached hydrogens (tertiary/aromatic N) is 4. The lowest BCUT2D eigenvalue weighted by atomic mass is 10.0. The Morgan fingerprint density at radius 2 is 1.90 bits per heavy atom. The molecule has 2 aliphatic rings. The number of carbonyl (C=O) groups excluding carboxylic acids is 2. The summed E-state index contributed by atoms with van der Waals surface area (Å²) in [7, 11) is 3.51. The smallest absolute Gasteiger partial charge is 0.329 e. The number of nitrogens with one attached hydrogen (secondary N) is 1. The maximum atomic E-state index is 14.0. The number of ether oxygens (including phenoxy) is 2. The Morgan fingerprint density at radius 1 is 1.10 bits per heavy atom. The number of benzene rings is 3. The fourth-order valence-corrected chi connectivity index (χ4v) is 5.66. The molecule has 4 aromatic rings. The first kappa shape index (κ1) is 27.7. The number of urea groups is 1. The summed E-state index contributed by atoms with van der Waals surface area (Å²) in [6, 6.07) is 16.0. The highest BCUT2D eigenvalue weighted by atomic mass is 35.5. The monoisotopic (exact) mass is 589 g/mol. The first-order valence-corrected chi connectivity index (χ1v) is 13.9. The summed E-state index contributed by atoms with van der Waals surface area (Å²) >= 11 is 6.11. The standard InChI is InChI=1S/C31H29ClFN5O4/c1-36-29(38-11-10-28(39)35-31(38)40)14-34-30(36)20-12-21-16-37(17-23(21)27(13-20)41-2)15-19-6-8-22(9-7-19)42-18-24-25(32)4-3-5-26(24)33/h3-9,12-14H,10-11,15-18H2,1-2H3,(H,35,39,40). The first-order valence-electron chi connectivity index (χ1n) is 13.5. The highest BCUT2D eigenvalue weighted by molar-refractivity contribution is 6.31. The molecule has 9 nitrogen and oxygen atoms in total. The molecule has 1 N–H and O–H groups in total. The Morgan fingerprint density at radius 3 is 2.64 bits per heavy atom.